The van der Waals surface area contributed by atoms with Crippen LogP contribution in [0.5, 0.6) is 0 Å². The SMILES string of the molecule is O=C(NN=Cc1ccc2ccccc2c1)C1CCCCC1. The fraction of sp³-hybridized carbons (Fsp3) is 0.333. The number of rotatable bonds is 3. The molecule has 1 amide bonds. The van der Waals surface area contributed by atoms with Gasteiger partial charge in [0.1, 0.15) is 0 Å². The quantitative estimate of drug-likeness (QED) is 0.673. The molecular formula is C18H20N2O. The highest BCUT2D eigenvalue weighted by Gasteiger charge is 2.20. The lowest BCUT2D eigenvalue weighted by Crippen LogP contribution is -2.28. The molecule has 3 rings (SSSR count). The maximum atomic E-state index is 12.0. The van der Waals surface area contributed by atoms with Gasteiger partial charge in [0.15, 0.2) is 0 Å². The Hall–Kier alpha value is -2.16. The number of carbonyl (C=O) groups excluding carboxylic acids is 1. The van der Waals surface area contributed by atoms with Gasteiger partial charge in [-0.05, 0) is 35.2 Å². The lowest BCUT2D eigenvalue weighted by molar-refractivity contribution is -0.125. The first-order valence-electron chi connectivity index (χ1n) is 7.65. The fourth-order valence-corrected chi connectivity index (χ4v) is 2.91. The first-order chi connectivity index (χ1) is 10.3. The van der Waals surface area contributed by atoms with Crippen molar-refractivity contribution in [1.29, 1.82) is 0 Å². The molecule has 2 aromatic rings. The van der Waals surface area contributed by atoms with Gasteiger partial charge in [0, 0.05) is 5.92 Å². The van der Waals surface area contributed by atoms with Gasteiger partial charge in [-0.1, -0.05) is 55.7 Å². The molecule has 0 heterocycles. The van der Waals surface area contributed by atoms with E-state index in [1.807, 2.05) is 18.2 Å². The van der Waals surface area contributed by atoms with Crippen molar-refractivity contribution >= 4 is 22.9 Å². The number of benzene rings is 2. The molecule has 1 aliphatic carbocycles. The normalized spacial score (nSPS) is 16.4. The van der Waals surface area contributed by atoms with Crippen LogP contribution in [-0.4, -0.2) is 12.1 Å². The van der Waals surface area contributed by atoms with E-state index in [-0.39, 0.29) is 11.8 Å². The van der Waals surface area contributed by atoms with Crippen LogP contribution in [0.25, 0.3) is 10.8 Å². The van der Waals surface area contributed by atoms with Crippen molar-refractivity contribution in [3.63, 3.8) is 0 Å². The van der Waals surface area contributed by atoms with Crippen molar-refractivity contribution in [3.8, 4) is 0 Å². The fourth-order valence-electron chi connectivity index (χ4n) is 2.91. The third kappa shape index (κ3) is 3.48. The monoisotopic (exact) mass is 280 g/mol. The number of carbonyl (C=O) groups is 1. The topological polar surface area (TPSA) is 41.5 Å². The predicted octanol–water partition coefficient (Wildman–Crippen LogP) is 3.87. The van der Waals surface area contributed by atoms with Crippen LogP contribution in [0, 0.1) is 5.92 Å². The lowest BCUT2D eigenvalue weighted by atomic mass is 9.89. The smallest absolute Gasteiger partial charge is 0.243 e. The van der Waals surface area contributed by atoms with Crippen molar-refractivity contribution in [2.45, 2.75) is 32.1 Å². The summed E-state index contributed by atoms with van der Waals surface area (Å²) in [6, 6.07) is 14.4. The van der Waals surface area contributed by atoms with Crippen LogP contribution >= 0.6 is 0 Å². The molecule has 3 heteroatoms. The molecule has 0 aromatic heterocycles. The minimum absolute atomic E-state index is 0.0618. The second-order valence-corrected chi connectivity index (χ2v) is 5.68. The Bertz CT molecular complexity index is 657. The summed E-state index contributed by atoms with van der Waals surface area (Å²) in [5, 5.41) is 6.49. The summed E-state index contributed by atoms with van der Waals surface area (Å²) in [5.74, 6) is 0.208. The van der Waals surface area contributed by atoms with Crippen LogP contribution in [0.2, 0.25) is 0 Å². The molecule has 1 fully saturated rings. The van der Waals surface area contributed by atoms with E-state index in [1.165, 1.54) is 17.2 Å². The van der Waals surface area contributed by atoms with Gasteiger partial charge in [0.25, 0.3) is 0 Å². The van der Waals surface area contributed by atoms with Crippen molar-refractivity contribution in [2.24, 2.45) is 11.0 Å². The van der Waals surface area contributed by atoms with Crippen LogP contribution < -0.4 is 5.43 Å². The standard InChI is InChI=1S/C18H20N2O/c21-18(16-7-2-1-3-8-16)20-19-13-14-10-11-15-6-4-5-9-17(15)12-14/h4-6,9-13,16H,1-3,7-8H2,(H,20,21). The van der Waals surface area contributed by atoms with Crippen molar-refractivity contribution < 1.29 is 4.79 Å². The molecule has 21 heavy (non-hydrogen) atoms. The molecular weight excluding hydrogens is 260 g/mol. The lowest BCUT2D eigenvalue weighted by Gasteiger charge is -2.19. The van der Waals surface area contributed by atoms with E-state index in [4.69, 9.17) is 0 Å². The molecule has 0 radical (unpaired) electrons. The number of nitrogens with zero attached hydrogens (tertiary/aromatic N) is 1. The van der Waals surface area contributed by atoms with Gasteiger partial charge in [-0.25, -0.2) is 5.43 Å². The number of hydrogen-bond acceptors (Lipinski definition) is 2. The van der Waals surface area contributed by atoms with E-state index in [1.54, 1.807) is 6.21 Å². The Kier molecular flexibility index (Phi) is 4.29. The molecule has 0 spiro atoms. The zero-order valence-electron chi connectivity index (χ0n) is 12.1. The number of fused-ring (bicyclic) bond motifs is 1. The Balaban J connectivity index is 1.63. The largest absolute Gasteiger partial charge is 0.273 e. The zero-order chi connectivity index (χ0) is 14.5. The number of hydrazone groups is 1. The first-order valence-corrected chi connectivity index (χ1v) is 7.65. The molecule has 0 aliphatic heterocycles. The Morgan fingerprint density at radius 1 is 1.05 bits per heavy atom. The molecule has 1 saturated carbocycles. The summed E-state index contributed by atoms with van der Waals surface area (Å²) in [6.07, 6.45) is 7.28. The summed E-state index contributed by atoms with van der Waals surface area (Å²) < 4.78 is 0. The maximum Gasteiger partial charge on any atom is 0.243 e. The summed E-state index contributed by atoms with van der Waals surface area (Å²) in [6.45, 7) is 0. The molecule has 108 valence electrons. The second kappa shape index (κ2) is 6.53. The summed E-state index contributed by atoms with van der Waals surface area (Å²) in [7, 11) is 0. The third-order valence-corrected chi connectivity index (χ3v) is 4.14. The predicted molar refractivity (Wildman–Crippen MR) is 86.3 cm³/mol. The van der Waals surface area contributed by atoms with Crippen LogP contribution in [-0.2, 0) is 4.79 Å². The van der Waals surface area contributed by atoms with E-state index in [0.29, 0.717) is 0 Å². The minimum Gasteiger partial charge on any atom is -0.273 e. The minimum atomic E-state index is 0.0618. The summed E-state index contributed by atoms with van der Waals surface area (Å²) in [5.41, 5.74) is 3.68. The van der Waals surface area contributed by atoms with E-state index < -0.39 is 0 Å². The Morgan fingerprint density at radius 3 is 2.62 bits per heavy atom. The highest BCUT2D eigenvalue weighted by Crippen LogP contribution is 2.23. The molecule has 0 atom stereocenters. The zero-order valence-corrected chi connectivity index (χ0v) is 12.1. The number of nitrogens with one attached hydrogen (secondary N) is 1. The van der Waals surface area contributed by atoms with Gasteiger partial charge in [-0.15, -0.1) is 0 Å². The maximum absolute atomic E-state index is 12.0. The van der Waals surface area contributed by atoms with E-state index in [9.17, 15) is 4.79 Å². The van der Waals surface area contributed by atoms with E-state index in [2.05, 4.69) is 34.8 Å². The van der Waals surface area contributed by atoms with Gasteiger partial charge < -0.3 is 0 Å². The van der Waals surface area contributed by atoms with Crippen LogP contribution in [0.15, 0.2) is 47.6 Å². The highest BCUT2D eigenvalue weighted by atomic mass is 16.2. The van der Waals surface area contributed by atoms with Gasteiger partial charge >= 0.3 is 0 Å². The molecule has 0 bridgehead atoms. The van der Waals surface area contributed by atoms with Crippen molar-refractivity contribution in [1.82, 2.24) is 5.43 Å². The first kappa shape index (κ1) is 13.8. The van der Waals surface area contributed by atoms with Crippen LogP contribution in [0.1, 0.15) is 37.7 Å². The van der Waals surface area contributed by atoms with Crippen molar-refractivity contribution in [2.75, 3.05) is 0 Å². The number of amides is 1. The van der Waals surface area contributed by atoms with Gasteiger partial charge in [-0.3, -0.25) is 4.79 Å². The summed E-state index contributed by atoms with van der Waals surface area (Å²) in [4.78, 5) is 12.0. The van der Waals surface area contributed by atoms with E-state index >= 15 is 0 Å². The second-order valence-electron chi connectivity index (χ2n) is 5.68. The average Bonchev–Trinajstić information content (AvgIpc) is 2.55. The van der Waals surface area contributed by atoms with E-state index in [0.717, 1.165) is 31.2 Å². The molecule has 0 saturated heterocycles. The Morgan fingerprint density at radius 2 is 1.81 bits per heavy atom. The third-order valence-electron chi connectivity index (χ3n) is 4.14. The van der Waals surface area contributed by atoms with Crippen molar-refractivity contribution in [3.05, 3.63) is 48.0 Å². The Labute approximate surface area is 125 Å². The molecule has 2 aromatic carbocycles. The molecule has 0 unspecified atom stereocenters. The highest BCUT2D eigenvalue weighted by molar-refractivity contribution is 5.91. The molecule has 1 N–H and O–H groups in total. The average molecular weight is 280 g/mol. The van der Waals surface area contributed by atoms with Gasteiger partial charge in [0.05, 0.1) is 6.21 Å². The van der Waals surface area contributed by atoms with Crippen LogP contribution in [0.4, 0.5) is 0 Å². The number of hydrogen-bond donors (Lipinski definition) is 1. The van der Waals surface area contributed by atoms with Crippen LogP contribution in [0.3, 0.4) is 0 Å². The van der Waals surface area contributed by atoms with Gasteiger partial charge in [-0.2, -0.15) is 5.10 Å². The molecule has 3 nitrogen and oxygen atoms in total. The molecule has 1 aliphatic rings. The summed E-state index contributed by atoms with van der Waals surface area (Å²) >= 11 is 0. The van der Waals surface area contributed by atoms with Gasteiger partial charge in [0.2, 0.25) is 5.91 Å².